The fraction of sp³-hybridized carbons (Fsp3) is 0.100. The number of carbonyl (C=O) groups is 1. The number of benzene rings is 2. The first-order valence-corrected chi connectivity index (χ1v) is 10.2. The number of nitro groups is 1. The SMILES string of the molecule is Cc1c(C(=O)Nc2nc(-c3ccccc3OC(F)F)cs2)nnn1-c1cccc([N+](=O)[O-])c1. The predicted molar refractivity (Wildman–Crippen MR) is 115 cm³/mol. The van der Waals surface area contributed by atoms with E-state index in [9.17, 15) is 23.7 Å². The fourth-order valence-electron chi connectivity index (χ4n) is 3.01. The molecule has 0 unspecified atom stereocenters. The third-order valence-corrected chi connectivity index (χ3v) is 5.26. The van der Waals surface area contributed by atoms with Crippen molar-refractivity contribution in [3.05, 3.63) is 75.4 Å². The van der Waals surface area contributed by atoms with Crippen molar-refractivity contribution >= 4 is 28.1 Å². The summed E-state index contributed by atoms with van der Waals surface area (Å²) in [7, 11) is 0. The topological polar surface area (TPSA) is 125 Å². The van der Waals surface area contributed by atoms with E-state index in [4.69, 9.17) is 0 Å². The molecule has 0 spiro atoms. The molecular formula is C20H14F2N6O4S. The smallest absolute Gasteiger partial charge is 0.387 e. The summed E-state index contributed by atoms with van der Waals surface area (Å²) in [5.74, 6) is -0.631. The van der Waals surface area contributed by atoms with E-state index in [0.29, 0.717) is 22.6 Å². The van der Waals surface area contributed by atoms with Gasteiger partial charge in [-0.15, -0.1) is 16.4 Å². The predicted octanol–water partition coefficient (Wildman–Crippen LogP) is 4.46. The van der Waals surface area contributed by atoms with Gasteiger partial charge < -0.3 is 4.74 Å². The van der Waals surface area contributed by atoms with E-state index in [0.717, 1.165) is 11.3 Å². The monoisotopic (exact) mass is 472 g/mol. The van der Waals surface area contributed by atoms with Crippen LogP contribution in [0.5, 0.6) is 5.75 Å². The highest BCUT2D eigenvalue weighted by atomic mass is 32.1. The summed E-state index contributed by atoms with van der Waals surface area (Å²) in [4.78, 5) is 27.5. The van der Waals surface area contributed by atoms with Gasteiger partial charge in [-0.1, -0.05) is 23.4 Å². The van der Waals surface area contributed by atoms with Crippen molar-refractivity contribution in [1.29, 1.82) is 0 Å². The molecule has 0 bridgehead atoms. The van der Waals surface area contributed by atoms with Crippen LogP contribution in [0.2, 0.25) is 0 Å². The van der Waals surface area contributed by atoms with Gasteiger partial charge in [-0.05, 0) is 25.1 Å². The molecule has 1 N–H and O–H groups in total. The Hall–Kier alpha value is -4.26. The lowest BCUT2D eigenvalue weighted by molar-refractivity contribution is -0.384. The lowest BCUT2D eigenvalue weighted by Crippen LogP contribution is -2.14. The number of para-hydroxylation sites is 1. The number of ether oxygens (including phenoxy) is 1. The molecule has 168 valence electrons. The number of thiazole rings is 1. The van der Waals surface area contributed by atoms with Crippen LogP contribution >= 0.6 is 11.3 Å². The average molecular weight is 472 g/mol. The average Bonchev–Trinajstić information content (AvgIpc) is 3.40. The first-order chi connectivity index (χ1) is 15.8. The van der Waals surface area contributed by atoms with Gasteiger partial charge in [0.1, 0.15) is 5.75 Å². The number of hydrogen-bond donors (Lipinski definition) is 1. The summed E-state index contributed by atoms with van der Waals surface area (Å²) < 4.78 is 31.2. The van der Waals surface area contributed by atoms with Crippen LogP contribution in [-0.4, -0.2) is 37.4 Å². The number of anilines is 1. The van der Waals surface area contributed by atoms with Gasteiger partial charge in [-0.3, -0.25) is 20.2 Å². The largest absolute Gasteiger partial charge is 0.434 e. The highest BCUT2D eigenvalue weighted by molar-refractivity contribution is 7.14. The van der Waals surface area contributed by atoms with Crippen molar-refractivity contribution in [2.45, 2.75) is 13.5 Å². The second-order valence-corrected chi connectivity index (χ2v) is 7.44. The molecule has 0 radical (unpaired) electrons. The number of aromatic nitrogens is 4. The van der Waals surface area contributed by atoms with Crippen LogP contribution in [0, 0.1) is 17.0 Å². The molecule has 4 aromatic rings. The van der Waals surface area contributed by atoms with Gasteiger partial charge in [-0.25, -0.2) is 9.67 Å². The van der Waals surface area contributed by atoms with Crippen LogP contribution in [-0.2, 0) is 0 Å². The zero-order chi connectivity index (χ0) is 23.5. The molecule has 0 aliphatic carbocycles. The van der Waals surface area contributed by atoms with E-state index in [-0.39, 0.29) is 22.3 Å². The van der Waals surface area contributed by atoms with Crippen molar-refractivity contribution in [2.24, 2.45) is 0 Å². The molecular weight excluding hydrogens is 458 g/mol. The molecule has 0 aliphatic heterocycles. The van der Waals surface area contributed by atoms with Crippen molar-refractivity contribution in [3.8, 4) is 22.7 Å². The molecule has 0 saturated carbocycles. The summed E-state index contributed by atoms with van der Waals surface area (Å²) in [6.07, 6.45) is 0. The van der Waals surface area contributed by atoms with Crippen LogP contribution in [0.4, 0.5) is 19.6 Å². The van der Waals surface area contributed by atoms with E-state index < -0.39 is 17.4 Å². The number of amides is 1. The van der Waals surface area contributed by atoms with Crippen LogP contribution in [0.25, 0.3) is 16.9 Å². The van der Waals surface area contributed by atoms with Crippen LogP contribution in [0.3, 0.4) is 0 Å². The molecule has 13 heteroatoms. The van der Waals surface area contributed by atoms with Crippen molar-refractivity contribution in [1.82, 2.24) is 20.0 Å². The number of rotatable bonds is 7. The number of carbonyl (C=O) groups excluding carboxylic acids is 1. The highest BCUT2D eigenvalue weighted by Gasteiger charge is 2.20. The van der Waals surface area contributed by atoms with Gasteiger partial charge >= 0.3 is 6.61 Å². The Balaban J connectivity index is 1.55. The van der Waals surface area contributed by atoms with Gasteiger partial charge in [0, 0.05) is 23.1 Å². The van der Waals surface area contributed by atoms with E-state index in [1.54, 1.807) is 36.6 Å². The third-order valence-electron chi connectivity index (χ3n) is 4.50. The third kappa shape index (κ3) is 4.67. The molecule has 0 fully saturated rings. The Morgan fingerprint density at radius 2 is 2.03 bits per heavy atom. The standard InChI is InChI=1S/C20H14F2N6O4S/c1-11-17(25-26-27(11)12-5-4-6-13(9-12)28(30)31)18(29)24-20-23-15(10-33-20)14-7-2-3-8-16(14)32-19(21)22/h2-10,19H,1H3,(H,23,24,29). The maximum Gasteiger partial charge on any atom is 0.387 e. The van der Waals surface area contributed by atoms with E-state index >= 15 is 0 Å². The zero-order valence-electron chi connectivity index (χ0n) is 16.8. The molecule has 0 atom stereocenters. The maximum atomic E-state index is 12.7. The van der Waals surface area contributed by atoms with E-state index in [2.05, 4.69) is 25.3 Å². The summed E-state index contributed by atoms with van der Waals surface area (Å²) in [5.41, 5.74) is 1.31. The van der Waals surface area contributed by atoms with Gasteiger partial charge in [0.15, 0.2) is 10.8 Å². The summed E-state index contributed by atoms with van der Waals surface area (Å²) in [6, 6.07) is 11.9. The number of alkyl halides is 2. The minimum Gasteiger partial charge on any atom is -0.434 e. The number of non-ortho nitro benzene ring substituents is 1. The Bertz CT molecular complexity index is 1340. The Kier molecular flexibility index (Phi) is 6.04. The van der Waals surface area contributed by atoms with Gasteiger partial charge in [0.2, 0.25) is 0 Å². The Morgan fingerprint density at radius 1 is 1.24 bits per heavy atom. The summed E-state index contributed by atoms with van der Waals surface area (Å²) in [5, 5.41) is 23.2. The van der Waals surface area contributed by atoms with Gasteiger partial charge in [0.25, 0.3) is 11.6 Å². The first-order valence-electron chi connectivity index (χ1n) is 9.31. The fourth-order valence-corrected chi connectivity index (χ4v) is 3.72. The highest BCUT2D eigenvalue weighted by Crippen LogP contribution is 2.33. The first kappa shape index (κ1) is 22.0. The molecule has 10 nitrogen and oxygen atoms in total. The number of nitro benzene ring substituents is 1. The van der Waals surface area contributed by atoms with Crippen LogP contribution in [0.1, 0.15) is 16.2 Å². The minimum absolute atomic E-state index is 0.000287. The second kappa shape index (κ2) is 9.08. The normalized spacial score (nSPS) is 10.9. The lowest BCUT2D eigenvalue weighted by atomic mass is 10.1. The van der Waals surface area contributed by atoms with Crippen molar-refractivity contribution < 1.29 is 23.2 Å². The molecule has 2 heterocycles. The van der Waals surface area contributed by atoms with Crippen molar-refractivity contribution in [3.63, 3.8) is 0 Å². The molecule has 2 aromatic carbocycles. The zero-order valence-corrected chi connectivity index (χ0v) is 17.6. The summed E-state index contributed by atoms with van der Waals surface area (Å²) >= 11 is 1.09. The molecule has 0 aliphatic rings. The molecule has 4 rings (SSSR count). The maximum absolute atomic E-state index is 12.7. The Labute approximate surface area is 188 Å². The number of hydrogen-bond acceptors (Lipinski definition) is 8. The van der Waals surface area contributed by atoms with Gasteiger partial charge in [-0.2, -0.15) is 8.78 Å². The van der Waals surface area contributed by atoms with Crippen molar-refractivity contribution in [2.75, 3.05) is 5.32 Å². The van der Waals surface area contributed by atoms with Gasteiger partial charge in [0.05, 0.1) is 22.0 Å². The van der Waals surface area contributed by atoms with Crippen LogP contribution < -0.4 is 10.1 Å². The molecule has 33 heavy (non-hydrogen) atoms. The van der Waals surface area contributed by atoms with E-state index in [1.165, 1.54) is 28.9 Å². The minimum atomic E-state index is -2.99. The van der Waals surface area contributed by atoms with Crippen LogP contribution in [0.15, 0.2) is 53.9 Å². The molecule has 0 saturated heterocycles. The number of nitrogens with zero attached hydrogens (tertiary/aromatic N) is 5. The number of nitrogens with one attached hydrogen (secondary N) is 1. The molecule has 2 aromatic heterocycles. The lowest BCUT2D eigenvalue weighted by Gasteiger charge is -2.08. The quantitative estimate of drug-likeness (QED) is 0.311. The Morgan fingerprint density at radius 3 is 2.79 bits per heavy atom. The summed E-state index contributed by atoms with van der Waals surface area (Å²) in [6.45, 7) is -1.39. The second-order valence-electron chi connectivity index (χ2n) is 6.58. The van der Waals surface area contributed by atoms with E-state index in [1.807, 2.05) is 0 Å². The number of halogens is 2. The molecule has 1 amide bonds.